The van der Waals surface area contributed by atoms with Crippen LogP contribution in [0.15, 0.2) is 52.5 Å². The SMILES string of the molecule is O=C(/C=C/c1ccsc1)Nc1ccc2sccc2c1. The number of amides is 1. The van der Waals surface area contributed by atoms with Crippen molar-refractivity contribution in [2.75, 3.05) is 5.32 Å². The van der Waals surface area contributed by atoms with E-state index in [1.165, 1.54) is 4.70 Å². The van der Waals surface area contributed by atoms with E-state index in [4.69, 9.17) is 0 Å². The van der Waals surface area contributed by atoms with Crippen molar-refractivity contribution in [1.82, 2.24) is 0 Å². The molecule has 1 amide bonds. The Balaban J connectivity index is 1.71. The molecule has 0 aliphatic carbocycles. The zero-order chi connectivity index (χ0) is 13.1. The van der Waals surface area contributed by atoms with Crippen molar-refractivity contribution < 1.29 is 4.79 Å². The minimum Gasteiger partial charge on any atom is -0.322 e. The van der Waals surface area contributed by atoms with Crippen LogP contribution in [0.25, 0.3) is 16.2 Å². The number of rotatable bonds is 3. The van der Waals surface area contributed by atoms with E-state index >= 15 is 0 Å². The lowest BCUT2D eigenvalue weighted by Gasteiger charge is -2.01. The van der Waals surface area contributed by atoms with Crippen LogP contribution in [0, 0.1) is 0 Å². The van der Waals surface area contributed by atoms with Crippen molar-refractivity contribution in [3.8, 4) is 0 Å². The lowest BCUT2D eigenvalue weighted by Crippen LogP contribution is -2.07. The Morgan fingerprint density at radius 3 is 2.95 bits per heavy atom. The molecule has 0 aliphatic heterocycles. The molecule has 0 bridgehead atoms. The van der Waals surface area contributed by atoms with Crippen molar-refractivity contribution in [3.05, 3.63) is 58.1 Å². The smallest absolute Gasteiger partial charge is 0.248 e. The van der Waals surface area contributed by atoms with E-state index in [0.29, 0.717) is 0 Å². The van der Waals surface area contributed by atoms with Crippen LogP contribution < -0.4 is 5.32 Å². The quantitative estimate of drug-likeness (QED) is 0.699. The molecule has 0 saturated heterocycles. The molecule has 0 unspecified atom stereocenters. The van der Waals surface area contributed by atoms with Gasteiger partial charge in [0.05, 0.1) is 0 Å². The van der Waals surface area contributed by atoms with Crippen LogP contribution in [0.5, 0.6) is 0 Å². The van der Waals surface area contributed by atoms with Crippen LogP contribution in [0.2, 0.25) is 0 Å². The van der Waals surface area contributed by atoms with E-state index < -0.39 is 0 Å². The van der Waals surface area contributed by atoms with E-state index in [2.05, 4.69) is 11.4 Å². The van der Waals surface area contributed by atoms with Crippen LogP contribution >= 0.6 is 22.7 Å². The van der Waals surface area contributed by atoms with Gasteiger partial charge in [-0.2, -0.15) is 11.3 Å². The van der Waals surface area contributed by atoms with Gasteiger partial charge in [-0.25, -0.2) is 0 Å². The van der Waals surface area contributed by atoms with E-state index in [0.717, 1.165) is 16.6 Å². The van der Waals surface area contributed by atoms with Crippen molar-refractivity contribution in [2.24, 2.45) is 0 Å². The van der Waals surface area contributed by atoms with Gasteiger partial charge in [0.2, 0.25) is 5.91 Å². The maximum atomic E-state index is 11.8. The summed E-state index contributed by atoms with van der Waals surface area (Å²) in [5, 5.41) is 10.1. The topological polar surface area (TPSA) is 29.1 Å². The van der Waals surface area contributed by atoms with Gasteiger partial charge in [0, 0.05) is 16.5 Å². The molecule has 2 heterocycles. The molecule has 4 heteroatoms. The highest BCUT2D eigenvalue weighted by Gasteiger charge is 2.00. The fourth-order valence-electron chi connectivity index (χ4n) is 1.77. The van der Waals surface area contributed by atoms with Gasteiger partial charge in [0.25, 0.3) is 0 Å². The first-order chi connectivity index (χ1) is 9.31. The predicted molar refractivity (Wildman–Crippen MR) is 83.8 cm³/mol. The summed E-state index contributed by atoms with van der Waals surface area (Å²) >= 11 is 3.31. The van der Waals surface area contributed by atoms with Gasteiger partial charge in [-0.3, -0.25) is 4.79 Å². The highest BCUT2D eigenvalue weighted by Crippen LogP contribution is 2.23. The van der Waals surface area contributed by atoms with Crippen molar-refractivity contribution in [1.29, 1.82) is 0 Å². The highest BCUT2D eigenvalue weighted by atomic mass is 32.1. The second-order valence-corrected chi connectivity index (χ2v) is 5.78. The molecular formula is C15H11NOS2. The lowest BCUT2D eigenvalue weighted by atomic mass is 10.2. The van der Waals surface area contributed by atoms with E-state index in [1.807, 2.05) is 46.5 Å². The van der Waals surface area contributed by atoms with Crippen molar-refractivity contribution in [2.45, 2.75) is 0 Å². The molecule has 0 spiro atoms. The van der Waals surface area contributed by atoms with Crippen molar-refractivity contribution in [3.63, 3.8) is 0 Å². The average Bonchev–Trinajstić information content (AvgIpc) is 3.07. The summed E-state index contributed by atoms with van der Waals surface area (Å²) in [6.07, 6.45) is 3.37. The first-order valence-electron chi connectivity index (χ1n) is 5.80. The summed E-state index contributed by atoms with van der Waals surface area (Å²) in [7, 11) is 0. The summed E-state index contributed by atoms with van der Waals surface area (Å²) in [5.41, 5.74) is 1.87. The van der Waals surface area contributed by atoms with Gasteiger partial charge >= 0.3 is 0 Å². The molecule has 0 fully saturated rings. The molecule has 3 rings (SSSR count). The van der Waals surface area contributed by atoms with Gasteiger partial charge in [-0.05, 0) is 63.5 Å². The number of carbonyl (C=O) groups excluding carboxylic acids is 1. The summed E-state index contributed by atoms with van der Waals surface area (Å²) in [6, 6.07) is 9.97. The van der Waals surface area contributed by atoms with Gasteiger partial charge in [0.1, 0.15) is 0 Å². The maximum absolute atomic E-state index is 11.8. The molecule has 0 radical (unpaired) electrons. The molecule has 94 valence electrons. The van der Waals surface area contributed by atoms with Gasteiger partial charge < -0.3 is 5.32 Å². The Kier molecular flexibility index (Phi) is 3.44. The van der Waals surface area contributed by atoms with Crippen molar-refractivity contribution >= 4 is 50.4 Å². The number of anilines is 1. The van der Waals surface area contributed by atoms with Crippen LogP contribution in [0.1, 0.15) is 5.56 Å². The number of fused-ring (bicyclic) bond motifs is 1. The number of benzene rings is 1. The third-order valence-electron chi connectivity index (χ3n) is 2.69. The molecule has 0 saturated carbocycles. The zero-order valence-corrected chi connectivity index (χ0v) is 11.6. The molecule has 3 aromatic rings. The summed E-state index contributed by atoms with van der Waals surface area (Å²) < 4.78 is 1.23. The van der Waals surface area contributed by atoms with Gasteiger partial charge in [-0.15, -0.1) is 11.3 Å². The third kappa shape index (κ3) is 2.92. The normalized spacial score (nSPS) is 11.2. The number of hydrogen-bond donors (Lipinski definition) is 1. The Bertz CT molecular complexity index is 726. The summed E-state index contributed by atoms with van der Waals surface area (Å²) in [4.78, 5) is 11.8. The second-order valence-electron chi connectivity index (χ2n) is 4.05. The Morgan fingerprint density at radius 2 is 2.11 bits per heavy atom. The van der Waals surface area contributed by atoms with Crippen LogP contribution in [0.4, 0.5) is 5.69 Å². The van der Waals surface area contributed by atoms with Crippen LogP contribution in [0.3, 0.4) is 0 Å². The van der Waals surface area contributed by atoms with Crippen LogP contribution in [-0.2, 0) is 4.79 Å². The lowest BCUT2D eigenvalue weighted by molar-refractivity contribution is -0.111. The minimum atomic E-state index is -0.110. The standard InChI is InChI=1S/C15H11NOS2/c17-15(4-1-11-5-7-18-10-11)16-13-2-3-14-12(9-13)6-8-19-14/h1-10H,(H,16,17)/b4-1+. The molecule has 2 nitrogen and oxygen atoms in total. The largest absolute Gasteiger partial charge is 0.322 e. The average molecular weight is 285 g/mol. The summed E-state index contributed by atoms with van der Waals surface area (Å²) in [5.74, 6) is -0.110. The third-order valence-corrected chi connectivity index (χ3v) is 4.29. The Hall–Kier alpha value is -1.91. The van der Waals surface area contributed by atoms with E-state index in [9.17, 15) is 4.79 Å². The van der Waals surface area contributed by atoms with E-state index in [-0.39, 0.29) is 5.91 Å². The second kappa shape index (κ2) is 5.38. The number of thiophene rings is 2. The Labute approximate surface area is 119 Å². The molecular weight excluding hydrogens is 274 g/mol. The van der Waals surface area contributed by atoms with Gasteiger partial charge in [-0.1, -0.05) is 0 Å². The minimum absolute atomic E-state index is 0.110. The first-order valence-corrected chi connectivity index (χ1v) is 7.62. The molecule has 1 aromatic carbocycles. The highest BCUT2D eigenvalue weighted by molar-refractivity contribution is 7.17. The fourth-order valence-corrected chi connectivity index (χ4v) is 3.17. The molecule has 19 heavy (non-hydrogen) atoms. The predicted octanol–water partition coefficient (Wildman–Crippen LogP) is 4.61. The zero-order valence-electron chi connectivity index (χ0n) is 10.00. The summed E-state index contributed by atoms with van der Waals surface area (Å²) in [6.45, 7) is 0. The molecule has 0 aliphatic rings. The fraction of sp³-hybridized carbons (Fsp3) is 0. The first kappa shape index (κ1) is 12.1. The molecule has 0 atom stereocenters. The van der Waals surface area contributed by atoms with Gasteiger partial charge in [0.15, 0.2) is 0 Å². The van der Waals surface area contributed by atoms with Crippen LogP contribution in [-0.4, -0.2) is 5.91 Å². The molecule has 1 N–H and O–H groups in total. The van der Waals surface area contributed by atoms with E-state index in [1.54, 1.807) is 28.7 Å². The molecule has 2 aromatic heterocycles. The number of nitrogens with one attached hydrogen (secondary N) is 1. The number of carbonyl (C=O) groups is 1. The Morgan fingerprint density at radius 1 is 1.16 bits per heavy atom. The maximum Gasteiger partial charge on any atom is 0.248 e. The monoisotopic (exact) mass is 285 g/mol. The number of hydrogen-bond acceptors (Lipinski definition) is 3.